The predicted molar refractivity (Wildman–Crippen MR) is 63.8 cm³/mol. The van der Waals surface area contributed by atoms with Crippen LogP contribution in [-0.4, -0.2) is 40.7 Å². The molecule has 0 saturated carbocycles. The minimum absolute atomic E-state index is 0.0815. The number of amides is 1. The number of nitrogens with one attached hydrogen (secondary N) is 1. The summed E-state index contributed by atoms with van der Waals surface area (Å²) < 4.78 is 2.03. The van der Waals surface area contributed by atoms with Gasteiger partial charge in [-0.05, 0) is 25.8 Å². The summed E-state index contributed by atoms with van der Waals surface area (Å²) in [6, 6.07) is 0. The molecule has 0 fully saturated rings. The summed E-state index contributed by atoms with van der Waals surface area (Å²) in [5.41, 5.74) is 3.08. The Hall–Kier alpha value is -1.36. The maximum absolute atomic E-state index is 12.2. The van der Waals surface area contributed by atoms with Gasteiger partial charge < -0.3 is 10.2 Å². The van der Waals surface area contributed by atoms with Crippen molar-refractivity contribution in [2.24, 2.45) is 0 Å². The molecule has 17 heavy (non-hydrogen) atoms. The third-order valence-corrected chi connectivity index (χ3v) is 3.65. The number of carbonyl (C=O) groups excluding carboxylic acids is 1. The molecule has 0 unspecified atom stereocenters. The van der Waals surface area contributed by atoms with E-state index in [1.165, 1.54) is 11.3 Å². The SMILES string of the molecule is CN1CCCc2c(nn3c2CNCCC3)C1=O. The summed E-state index contributed by atoms with van der Waals surface area (Å²) in [6.45, 7) is 3.64. The van der Waals surface area contributed by atoms with Crippen LogP contribution in [0.4, 0.5) is 0 Å². The molecule has 0 aromatic carbocycles. The van der Waals surface area contributed by atoms with Crippen molar-refractivity contribution >= 4 is 5.91 Å². The summed E-state index contributed by atoms with van der Waals surface area (Å²) in [7, 11) is 1.86. The molecule has 1 N–H and O–H groups in total. The van der Waals surface area contributed by atoms with Crippen LogP contribution in [0.25, 0.3) is 0 Å². The van der Waals surface area contributed by atoms with Crippen molar-refractivity contribution in [3.63, 3.8) is 0 Å². The van der Waals surface area contributed by atoms with Gasteiger partial charge in [0.15, 0.2) is 5.69 Å². The highest BCUT2D eigenvalue weighted by molar-refractivity contribution is 5.94. The number of fused-ring (bicyclic) bond motifs is 3. The van der Waals surface area contributed by atoms with Crippen molar-refractivity contribution < 1.29 is 4.79 Å². The second-order valence-corrected chi connectivity index (χ2v) is 4.86. The number of hydrogen-bond donors (Lipinski definition) is 1. The molecule has 5 heteroatoms. The van der Waals surface area contributed by atoms with E-state index >= 15 is 0 Å². The van der Waals surface area contributed by atoms with E-state index in [0.29, 0.717) is 5.69 Å². The Morgan fingerprint density at radius 1 is 1.29 bits per heavy atom. The lowest BCUT2D eigenvalue weighted by molar-refractivity contribution is 0.0793. The predicted octanol–water partition coefficient (Wildman–Crippen LogP) is 0.395. The van der Waals surface area contributed by atoms with Gasteiger partial charge in [-0.25, -0.2) is 0 Å². The van der Waals surface area contributed by atoms with E-state index in [1.807, 2.05) is 11.7 Å². The number of aromatic nitrogens is 2. The highest BCUT2D eigenvalue weighted by atomic mass is 16.2. The minimum atomic E-state index is 0.0815. The van der Waals surface area contributed by atoms with Crippen LogP contribution in [0.1, 0.15) is 34.6 Å². The summed E-state index contributed by atoms with van der Waals surface area (Å²) in [6.07, 6.45) is 3.09. The second-order valence-electron chi connectivity index (χ2n) is 4.86. The Kier molecular flexibility index (Phi) is 2.63. The van der Waals surface area contributed by atoms with E-state index in [4.69, 9.17) is 0 Å². The Labute approximate surface area is 101 Å². The zero-order chi connectivity index (χ0) is 11.8. The average molecular weight is 234 g/mol. The fourth-order valence-electron chi connectivity index (χ4n) is 2.69. The van der Waals surface area contributed by atoms with Crippen LogP contribution in [0.15, 0.2) is 0 Å². The van der Waals surface area contributed by atoms with Crippen molar-refractivity contribution in [2.45, 2.75) is 32.4 Å². The molecule has 0 spiro atoms. The summed E-state index contributed by atoms with van der Waals surface area (Å²) in [5.74, 6) is 0.0815. The first-order valence-electron chi connectivity index (χ1n) is 6.32. The second kappa shape index (κ2) is 4.14. The lowest BCUT2D eigenvalue weighted by Crippen LogP contribution is -2.27. The average Bonchev–Trinajstić information content (AvgIpc) is 2.48. The number of hydrogen-bond acceptors (Lipinski definition) is 3. The summed E-state index contributed by atoms with van der Waals surface area (Å²) in [5, 5.41) is 7.93. The number of rotatable bonds is 0. The Morgan fingerprint density at radius 2 is 2.18 bits per heavy atom. The molecule has 0 bridgehead atoms. The molecule has 0 atom stereocenters. The van der Waals surface area contributed by atoms with Gasteiger partial charge in [0, 0.05) is 32.2 Å². The van der Waals surface area contributed by atoms with Gasteiger partial charge in [-0.2, -0.15) is 5.10 Å². The van der Waals surface area contributed by atoms with Crippen LogP contribution >= 0.6 is 0 Å². The Balaban J connectivity index is 2.07. The molecular weight excluding hydrogens is 216 g/mol. The summed E-state index contributed by atoms with van der Waals surface area (Å²) in [4.78, 5) is 14.0. The third kappa shape index (κ3) is 1.74. The highest BCUT2D eigenvalue weighted by Gasteiger charge is 2.27. The lowest BCUT2D eigenvalue weighted by atomic mass is 10.1. The Bertz CT molecular complexity index is 452. The first-order valence-corrected chi connectivity index (χ1v) is 6.32. The maximum atomic E-state index is 12.2. The van der Waals surface area contributed by atoms with Gasteiger partial charge in [0.05, 0.1) is 5.69 Å². The molecule has 2 aliphatic heterocycles. The van der Waals surface area contributed by atoms with E-state index in [1.54, 1.807) is 4.90 Å². The standard InChI is InChI=1S/C12H18N4O/c1-15-6-2-4-9-10-8-13-5-3-7-16(10)14-11(9)12(15)17/h13H,2-8H2,1H3. The fraction of sp³-hybridized carbons (Fsp3) is 0.667. The number of nitrogens with zero attached hydrogens (tertiary/aromatic N) is 3. The molecule has 1 aromatic rings. The van der Waals surface area contributed by atoms with E-state index in [-0.39, 0.29) is 5.91 Å². The molecule has 92 valence electrons. The van der Waals surface area contributed by atoms with E-state index in [9.17, 15) is 4.79 Å². The highest BCUT2D eigenvalue weighted by Crippen LogP contribution is 2.22. The van der Waals surface area contributed by atoms with Crippen molar-refractivity contribution in [3.05, 3.63) is 17.0 Å². The Morgan fingerprint density at radius 3 is 3.06 bits per heavy atom. The van der Waals surface area contributed by atoms with Crippen molar-refractivity contribution in [1.82, 2.24) is 20.0 Å². The zero-order valence-electron chi connectivity index (χ0n) is 10.2. The van der Waals surface area contributed by atoms with Crippen LogP contribution in [0.3, 0.4) is 0 Å². The molecule has 0 saturated heterocycles. The third-order valence-electron chi connectivity index (χ3n) is 3.65. The molecule has 5 nitrogen and oxygen atoms in total. The van der Waals surface area contributed by atoms with E-state index in [0.717, 1.165) is 45.4 Å². The summed E-state index contributed by atoms with van der Waals surface area (Å²) >= 11 is 0. The van der Waals surface area contributed by atoms with Gasteiger partial charge in [0.2, 0.25) is 0 Å². The van der Waals surface area contributed by atoms with Gasteiger partial charge in [0.25, 0.3) is 5.91 Å². The smallest absolute Gasteiger partial charge is 0.274 e. The van der Waals surface area contributed by atoms with Crippen LogP contribution in [-0.2, 0) is 19.5 Å². The van der Waals surface area contributed by atoms with Crippen molar-refractivity contribution in [2.75, 3.05) is 20.1 Å². The largest absolute Gasteiger partial charge is 0.340 e. The molecular formula is C12H18N4O. The van der Waals surface area contributed by atoms with Crippen LogP contribution in [0, 0.1) is 0 Å². The fourth-order valence-corrected chi connectivity index (χ4v) is 2.69. The van der Waals surface area contributed by atoms with Crippen molar-refractivity contribution in [3.8, 4) is 0 Å². The van der Waals surface area contributed by atoms with E-state index in [2.05, 4.69) is 10.4 Å². The monoisotopic (exact) mass is 234 g/mol. The molecule has 3 heterocycles. The van der Waals surface area contributed by atoms with E-state index < -0.39 is 0 Å². The van der Waals surface area contributed by atoms with Crippen LogP contribution in [0.2, 0.25) is 0 Å². The maximum Gasteiger partial charge on any atom is 0.274 e. The quantitative estimate of drug-likeness (QED) is 0.706. The number of aryl methyl sites for hydroxylation is 1. The van der Waals surface area contributed by atoms with Gasteiger partial charge in [-0.1, -0.05) is 0 Å². The van der Waals surface area contributed by atoms with Gasteiger partial charge in [-0.3, -0.25) is 9.48 Å². The first-order chi connectivity index (χ1) is 8.27. The normalized spacial score (nSPS) is 20.5. The number of carbonyl (C=O) groups is 1. The molecule has 1 amide bonds. The zero-order valence-corrected chi connectivity index (χ0v) is 10.2. The van der Waals surface area contributed by atoms with Crippen molar-refractivity contribution in [1.29, 1.82) is 0 Å². The topological polar surface area (TPSA) is 50.2 Å². The first kappa shape index (κ1) is 10.8. The van der Waals surface area contributed by atoms with Gasteiger partial charge >= 0.3 is 0 Å². The van der Waals surface area contributed by atoms with Crippen LogP contribution in [0.5, 0.6) is 0 Å². The van der Waals surface area contributed by atoms with Gasteiger partial charge in [0.1, 0.15) is 0 Å². The minimum Gasteiger partial charge on any atom is -0.340 e. The molecule has 2 aliphatic rings. The molecule has 0 aliphatic carbocycles. The molecule has 3 rings (SSSR count). The molecule has 0 radical (unpaired) electrons. The lowest BCUT2D eigenvalue weighted by Gasteiger charge is -2.12. The van der Waals surface area contributed by atoms with Gasteiger partial charge in [-0.15, -0.1) is 0 Å². The molecule has 1 aromatic heterocycles. The van der Waals surface area contributed by atoms with Crippen LogP contribution < -0.4 is 5.32 Å².